The first-order chi connectivity index (χ1) is 8.17. The number of aromatic nitrogens is 2. The van der Waals surface area contributed by atoms with E-state index in [0.717, 1.165) is 15.8 Å². The predicted molar refractivity (Wildman–Crippen MR) is 67.0 cm³/mol. The van der Waals surface area contributed by atoms with Crippen LogP contribution in [0.5, 0.6) is 0 Å². The second-order valence-electron chi connectivity index (χ2n) is 3.50. The molecular weight excluding hydrogens is 286 g/mol. The molecule has 0 fully saturated rings. The Bertz CT molecular complexity index is 565. The third kappa shape index (κ3) is 2.18. The van der Waals surface area contributed by atoms with Gasteiger partial charge in [-0.1, -0.05) is 0 Å². The third-order valence-corrected chi connectivity index (χ3v) is 2.86. The van der Waals surface area contributed by atoms with Crippen molar-refractivity contribution in [2.75, 3.05) is 14.2 Å². The quantitative estimate of drug-likeness (QED) is 0.875. The maximum Gasteiger partial charge on any atom is 0.358 e. The number of rotatable bonds is 3. The molecule has 0 radical (unpaired) electrons. The number of imidazole rings is 1. The molecule has 0 atom stereocenters. The fraction of sp³-hybridized carbons (Fsp3) is 0.273. The first-order valence-corrected chi connectivity index (χ1v) is 5.86. The Hall–Kier alpha value is -1.40. The zero-order valence-corrected chi connectivity index (χ0v) is 11.1. The summed E-state index contributed by atoms with van der Waals surface area (Å²) in [5.41, 5.74) is 1.08. The molecule has 6 heteroatoms. The number of carbonyl (C=O) groups excluding carboxylic acids is 1. The number of pyridine rings is 1. The second-order valence-corrected chi connectivity index (χ2v) is 4.42. The summed E-state index contributed by atoms with van der Waals surface area (Å²) in [6.07, 6.45) is 1.88. The lowest BCUT2D eigenvalue weighted by Crippen LogP contribution is -2.09. The van der Waals surface area contributed by atoms with E-state index in [1.807, 2.05) is 29.8 Å². The standard InChI is InChI=1S/C11H12BrN3O2/c1-13-5-9-14-10(11(16)17-2)8-4-3-7(12)6-15(8)9/h3-4,6,13H,5H2,1-2H3. The summed E-state index contributed by atoms with van der Waals surface area (Å²) in [6, 6.07) is 3.70. The van der Waals surface area contributed by atoms with Crippen molar-refractivity contribution in [1.82, 2.24) is 14.7 Å². The van der Waals surface area contributed by atoms with Crippen LogP contribution in [0.15, 0.2) is 22.8 Å². The highest BCUT2D eigenvalue weighted by Crippen LogP contribution is 2.18. The third-order valence-electron chi connectivity index (χ3n) is 2.39. The van der Waals surface area contributed by atoms with Crippen LogP contribution in [0.25, 0.3) is 5.52 Å². The summed E-state index contributed by atoms with van der Waals surface area (Å²) < 4.78 is 7.51. The van der Waals surface area contributed by atoms with E-state index < -0.39 is 5.97 Å². The van der Waals surface area contributed by atoms with Gasteiger partial charge in [-0.05, 0) is 35.1 Å². The molecule has 17 heavy (non-hydrogen) atoms. The SMILES string of the molecule is CNCc1nc(C(=O)OC)c2ccc(Br)cn12. The molecule has 2 rings (SSSR count). The van der Waals surface area contributed by atoms with E-state index in [2.05, 4.69) is 26.2 Å². The Morgan fingerprint density at radius 3 is 3.00 bits per heavy atom. The molecule has 0 saturated carbocycles. The van der Waals surface area contributed by atoms with Crippen molar-refractivity contribution in [3.63, 3.8) is 0 Å². The van der Waals surface area contributed by atoms with Crippen molar-refractivity contribution in [2.24, 2.45) is 0 Å². The average Bonchev–Trinajstić information content (AvgIpc) is 2.67. The first-order valence-electron chi connectivity index (χ1n) is 5.06. The number of nitrogens with zero attached hydrogens (tertiary/aromatic N) is 2. The molecule has 0 bridgehead atoms. The Morgan fingerprint density at radius 2 is 2.35 bits per heavy atom. The number of halogens is 1. The van der Waals surface area contributed by atoms with Crippen LogP contribution >= 0.6 is 15.9 Å². The van der Waals surface area contributed by atoms with Crippen LogP contribution in [-0.2, 0) is 11.3 Å². The van der Waals surface area contributed by atoms with E-state index in [-0.39, 0.29) is 0 Å². The molecule has 2 aromatic heterocycles. The number of ether oxygens (including phenoxy) is 1. The Balaban J connectivity index is 2.66. The van der Waals surface area contributed by atoms with E-state index in [0.29, 0.717) is 12.2 Å². The van der Waals surface area contributed by atoms with Crippen molar-refractivity contribution in [3.8, 4) is 0 Å². The van der Waals surface area contributed by atoms with Gasteiger partial charge >= 0.3 is 5.97 Å². The zero-order valence-electron chi connectivity index (χ0n) is 9.53. The summed E-state index contributed by atoms with van der Waals surface area (Å²) in [7, 11) is 3.18. The molecule has 90 valence electrons. The highest BCUT2D eigenvalue weighted by atomic mass is 79.9. The van der Waals surface area contributed by atoms with Gasteiger partial charge in [-0.25, -0.2) is 9.78 Å². The van der Waals surface area contributed by atoms with Gasteiger partial charge in [-0.3, -0.25) is 0 Å². The summed E-state index contributed by atoms with van der Waals surface area (Å²) >= 11 is 3.40. The summed E-state index contributed by atoms with van der Waals surface area (Å²) in [4.78, 5) is 15.9. The van der Waals surface area contributed by atoms with Gasteiger partial charge in [-0.2, -0.15) is 0 Å². The van der Waals surface area contributed by atoms with Crippen LogP contribution in [0.1, 0.15) is 16.3 Å². The van der Waals surface area contributed by atoms with Crippen LogP contribution in [0.2, 0.25) is 0 Å². The fourth-order valence-corrected chi connectivity index (χ4v) is 1.99. The predicted octanol–water partition coefficient (Wildman–Crippen LogP) is 1.60. The lowest BCUT2D eigenvalue weighted by Gasteiger charge is -2.00. The minimum Gasteiger partial charge on any atom is -0.464 e. The van der Waals surface area contributed by atoms with Crippen LogP contribution in [0, 0.1) is 0 Å². The van der Waals surface area contributed by atoms with Crippen LogP contribution in [0.3, 0.4) is 0 Å². The minimum absolute atomic E-state index is 0.338. The number of esters is 1. The Labute approximate surface area is 107 Å². The van der Waals surface area contributed by atoms with E-state index >= 15 is 0 Å². The monoisotopic (exact) mass is 297 g/mol. The molecule has 0 saturated heterocycles. The van der Waals surface area contributed by atoms with E-state index in [9.17, 15) is 4.79 Å². The summed E-state index contributed by atoms with van der Waals surface area (Å²) in [6.45, 7) is 0.578. The fourth-order valence-electron chi connectivity index (χ4n) is 1.65. The average molecular weight is 298 g/mol. The number of carbonyl (C=O) groups is 1. The topological polar surface area (TPSA) is 55.6 Å². The number of hydrogen-bond acceptors (Lipinski definition) is 4. The molecule has 0 unspecified atom stereocenters. The van der Waals surface area contributed by atoms with Gasteiger partial charge in [0.15, 0.2) is 5.69 Å². The van der Waals surface area contributed by atoms with Gasteiger partial charge in [0.2, 0.25) is 0 Å². The molecular formula is C11H12BrN3O2. The molecule has 2 aromatic rings. The van der Waals surface area contributed by atoms with Gasteiger partial charge in [0, 0.05) is 10.7 Å². The zero-order chi connectivity index (χ0) is 12.4. The van der Waals surface area contributed by atoms with Crippen LogP contribution in [-0.4, -0.2) is 29.5 Å². The molecule has 1 N–H and O–H groups in total. The van der Waals surface area contributed by atoms with Gasteiger partial charge in [-0.15, -0.1) is 0 Å². The van der Waals surface area contributed by atoms with Gasteiger partial charge in [0.25, 0.3) is 0 Å². The lowest BCUT2D eigenvalue weighted by molar-refractivity contribution is 0.0597. The van der Waals surface area contributed by atoms with Crippen molar-refractivity contribution in [2.45, 2.75) is 6.54 Å². The maximum absolute atomic E-state index is 11.6. The van der Waals surface area contributed by atoms with Gasteiger partial charge in [0.05, 0.1) is 19.2 Å². The van der Waals surface area contributed by atoms with Crippen LogP contribution < -0.4 is 5.32 Å². The van der Waals surface area contributed by atoms with Crippen molar-refractivity contribution in [1.29, 1.82) is 0 Å². The molecule has 0 spiro atoms. The summed E-state index contributed by atoms with van der Waals surface area (Å²) in [5.74, 6) is 0.344. The van der Waals surface area contributed by atoms with Gasteiger partial charge in [0.1, 0.15) is 5.82 Å². The highest BCUT2D eigenvalue weighted by Gasteiger charge is 2.17. The van der Waals surface area contributed by atoms with Crippen molar-refractivity contribution < 1.29 is 9.53 Å². The second kappa shape index (κ2) is 4.85. The molecule has 0 aliphatic carbocycles. The number of hydrogen-bond donors (Lipinski definition) is 1. The number of methoxy groups -OCH3 is 1. The van der Waals surface area contributed by atoms with Crippen molar-refractivity contribution >= 4 is 27.4 Å². The molecule has 0 aliphatic heterocycles. The Morgan fingerprint density at radius 1 is 1.59 bits per heavy atom. The molecule has 0 aromatic carbocycles. The number of nitrogens with one attached hydrogen (secondary N) is 1. The molecule has 2 heterocycles. The number of fused-ring (bicyclic) bond motifs is 1. The van der Waals surface area contributed by atoms with E-state index in [1.165, 1.54) is 7.11 Å². The molecule has 0 aliphatic rings. The molecule has 5 nitrogen and oxygen atoms in total. The maximum atomic E-state index is 11.6. The van der Waals surface area contributed by atoms with Crippen LogP contribution in [0.4, 0.5) is 0 Å². The van der Waals surface area contributed by atoms with E-state index in [1.54, 1.807) is 0 Å². The van der Waals surface area contributed by atoms with Gasteiger partial charge < -0.3 is 14.5 Å². The largest absolute Gasteiger partial charge is 0.464 e. The summed E-state index contributed by atoms with van der Waals surface area (Å²) in [5, 5.41) is 3.02. The lowest BCUT2D eigenvalue weighted by atomic mass is 10.3. The van der Waals surface area contributed by atoms with E-state index in [4.69, 9.17) is 4.74 Å². The smallest absolute Gasteiger partial charge is 0.358 e. The minimum atomic E-state index is -0.424. The first kappa shape index (κ1) is 12.1. The normalized spacial score (nSPS) is 10.8. The highest BCUT2D eigenvalue weighted by molar-refractivity contribution is 9.10. The van der Waals surface area contributed by atoms with Crippen molar-refractivity contribution in [3.05, 3.63) is 34.3 Å². The Kier molecular flexibility index (Phi) is 3.44. The molecule has 0 amide bonds.